The topological polar surface area (TPSA) is 20.2 Å². The summed E-state index contributed by atoms with van der Waals surface area (Å²) in [5, 5.41) is 9.25. The number of rotatable bonds is 1. The third kappa shape index (κ3) is 1.60. The van der Waals surface area contributed by atoms with E-state index in [4.69, 9.17) is 0 Å². The van der Waals surface area contributed by atoms with Crippen LogP contribution < -0.4 is 0 Å². The molecule has 1 atom stereocenters. The number of benzene rings is 1. The van der Waals surface area contributed by atoms with Crippen molar-refractivity contribution in [2.24, 2.45) is 0 Å². The normalized spacial score (nSPS) is 26.1. The molecular formula is C10H12OS2. The lowest BCUT2D eigenvalue weighted by molar-refractivity contribution is 0.291. The maximum atomic E-state index is 9.25. The van der Waals surface area contributed by atoms with Crippen molar-refractivity contribution in [3.05, 3.63) is 23.8 Å². The predicted octanol–water partition coefficient (Wildman–Crippen LogP) is 2.90. The monoisotopic (exact) mass is 212 g/mol. The van der Waals surface area contributed by atoms with E-state index in [2.05, 4.69) is 32.0 Å². The molecule has 2 rings (SSSR count). The molecule has 1 aliphatic rings. The highest BCUT2D eigenvalue weighted by molar-refractivity contribution is 8.20. The molecule has 1 aliphatic heterocycles. The molecule has 0 aromatic heterocycles. The Bertz CT molecular complexity index is 338. The summed E-state index contributed by atoms with van der Waals surface area (Å²) in [7, 11) is 0. The van der Waals surface area contributed by atoms with Crippen LogP contribution in [0.15, 0.2) is 28.0 Å². The van der Waals surface area contributed by atoms with Crippen LogP contribution in [0.3, 0.4) is 0 Å². The van der Waals surface area contributed by atoms with Gasteiger partial charge in [-0.3, -0.25) is 0 Å². The van der Waals surface area contributed by atoms with Crippen molar-refractivity contribution in [3.8, 4) is 0 Å². The number of hydrogen-bond donors (Lipinski definition) is 1. The minimum atomic E-state index is -0.0750. The lowest BCUT2D eigenvalue weighted by atomic mass is 10.2. The molecule has 70 valence electrons. The third-order valence-electron chi connectivity index (χ3n) is 2.11. The van der Waals surface area contributed by atoms with Gasteiger partial charge in [-0.1, -0.05) is 12.1 Å². The van der Waals surface area contributed by atoms with Gasteiger partial charge in [-0.25, -0.2) is 0 Å². The Balaban J connectivity index is 2.40. The first-order valence-electron chi connectivity index (χ1n) is 4.23. The molecule has 1 aromatic carbocycles. The van der Waals surface area contributed by atoms with Crippen LogP contribution in [0.1, 0.15) is 12.5 Å². The summed E-state index contributed by atoms with van der Waals surface area (Å²) in [5.41, 5.74) is 1.31. The Morgan fingerprint density at radius 3 is 2.77 bits per heavy atom. The quantitative estimate of drug-likeness (QED) is 0.773. The van der Waals surface area contributed by atoms with Gasteiger partial charge in [0, 0.05) is 9.79 Å². The second kappa shape index (κ2) is 3.23. The van der Waals surface area contributed by atoms with Crippen LogP contribution in [-0.2, 0) is 0 Å². The number of hydrogen-bond acceptors (Lipinski definition) is 3. The largest absolute Gasteiger partial charge is 0.394 e. The van der Waals surface area contributed by atoms with Crippen molar-refractivity contribution in [2.75, 3.05) is 6.61 Å². The number of aliphatic hydroxyl groups is 1. The summed E-state index contributed by atoms with van der Waals surface area (Å²) >= 11 is 3.54. The number of thioether (sulfide) groups is 2. The predicted molar refractivity (Wildman–Crippen MR) is 58.4 cm³/mol. The molecule has 1 N–H and O–H groups in total. The van der Waals surface area contributed by atoms with Crippen LogP contribution in [-0.4, -0.2) is 15.8 Å². The van der Waals surface area contributed by atoms with Gasteiger partial charge in [0.05, 0.1) is 10.7 Å². The van der Waals surface area contributed by atoms with Gasteiger partial charge in [-0.05, 0) is 25.5 Å². The molecular weight excluding hydrogens is 200 g/mol. The van der Waals surface area contributed by atoms with E-state index in [0.717, 1.165) is 0 Å². The Morgan fingerprint density at radius 2 is 2.15 bits per heavy atom. The molecule has 0 spiro atoms. The van der Waals surface area contributed by atoms with Crippen molar-refractivity contribution in [1.29, 1.82) is 0 Å². The molecule has 0 amide bonds. The average molecular weight is 212 g/mol. The average Bonchev–Trinajstić information content (AvgIpc) is 2.45. The first-order chi connectivity index (χ1) is 6.14. The number of fused-ring (bicyclic) bond motifs is 1. The van der Waals surface area contributed by atoms with Crippen LogP contribution >= 0.6 is 23.5 Å². The summed E-state index contributed by atoms with van der Waals surface area (Å²) in [6.45, 7) is 4.42. The highest BCUT2D eigenvalue weighted by Gasteiger charge is 2.34. The summed E-state index contributed by atoms with van der Waals surface area (Å²) in [6.07, 6.45) is 0. The summed E-state index contributed by atoms with van der Waals surface area (Å²) in [5.74, 6) is 0. The summed E-state index contributed by atoms with van der Waals surface area (Å²) in [4.78, 5) is 2.64. The SMILES string of the molecule is Cc1cccc2c1SC(C)(CO)S2. The molecule has 13 heavy (non-hydrogen) atoms. The molecule has 1 nitrogen and oxygen atoms in total. The van der Waals surface area contributed by atoms with Crippen molar-refractivity contribution < 1.29 is 5.11 Å². The zero-order valence-corrected chi connectivity index (χ0v) is 9.34. The molecule has 0 saturated carbocycles. The van der Waals surface area contributed by atoms with Gasteiger partial charge in [0.25, 0.3) is 0 Å². The minimum absolute atomic E-state index is 0.0750. The zero-order chi connectivity index (χ0) is 9.47. The Morgan fingerprint density at radius 1 is 1.38 bits per heavy atom. The van der Waals surface area contributed by atoms with Crippen molar-refractivity contribution in [3.63, 3.8) is 0 Å². The van der Waals surface area contributed by atoms with E-state index in [-0.39, 0.29) is 10.7 Å². The Labute approximate surface area is 86.9 Å². The molecule has 3 heteroatoms. The van der Waals surface area contributed by atoms with Crippen LogP contribution in [0.4, 0.5) is 0 Å². The van der Waals surface area contributed by atoms with E-state index >= 15 is 0 Å². The van der Waals surface area contributed by atoms with Gasteiger partial charge in [0.2, 0.25) is 0 Å². The fourth-order valence-electron chi connectivity index (χ4n) is 1.37. The van der Waals surface area contributed by atoms with Gasteiger partial charge in [0.15, 0.2) is 0 Å². The maximum Gasteiger partial charge on any atom is 0.0907 e. The molecule has 0 saturated heterocycles. The lowest BCUT2D eigenvalue weighted by Crippen LogP contribution is -2.16. The summed E-state index contributed by atoms with van der Waals surface area (Å²) in [6, 6.07) is 6.32. The van der Waals surface area contributed by atoms with Gasteiger partial charge >= 0.3 is 0 Å². The van der Waals surface area contributed by atoms with Crippen LogP contribution in [0.2, 0.25) is 0 Å². The molecule has 0 fully saturated rings. The zero-order valence-electron chi connectivity index (χ0n) is 7.70. The Kier molecular flexibility index (Phi) is 2.34. The maximum absolute atomic E-state index is 9.25. The van der Waals surface area contributed by atoms with Crippen LogP contribution in [0.25, 0.3) is 0 Å². The molecule has 1 unspecified atom stereocenters. The minimum Gasteiger partial charge on any atom is -0.394 e. The smallest absolute Gasteiger partial charge is 0.0907 e. The Hall–Kier alpha value is -0.120. The molecule has 0 bridgehead atoms. The van der Waals surface area contributed by atoms with E-state index in [9.17, 15) is 5.11 Å². The standard InChI is InChI=1S/C10H12OS2/c1-7-4-3-5-8-9(7)13-10(2,6-11)12-8/h3-5,11H,6H2,1-2H3. The highest BCUT2D eigenvalue weighted by atomic mass is 32.2. The molecule has 0 radical (unpaired) electrons. The van der Waals surface area contributed by atoms with E-state index < -0.39 is 0 Å². The van der Waals surface area contributed by atoms with Crippen molar-refractivity contribution in [2.45, 2.75) is 27.7 Å². The van der Waals surface area contributed by atoms with Gasteiger partial charge in [-0.15, -0.1) is 23.5 Å². The second-order valence-corrected chi connectivity index (χ2v) is 6.72. The van der Waals surface area contributed by atoms with E-state index in [0.29, 0.717) is 0 Å². The van der Waals surface area contributed by atoms with Crippen LogP contribution in [0.5, 0.6) is 0 Å². The first kappa shape index (κ1) is 9.44. The molecule has 1 heterocycles. The van der Waals surface area contributed by atoms with Crippen molar-refractivity contribution in [1.82, 2.24) is 0 Å². The third-order valence-corrected chi connectivity index (χ3v) is 5.16. The van der Waals surface area contributed by atoms with E-state index in [1.54, 1.807) is 23.5 Å². The van der Waals surface area contributed by atoms with E-state index in [1.165, 1.54) is 15.4 Å². The lowest BCUT2D eigenvalue weighted by Gasteiger charge is -2.17. The molecule has 1 aromatic rings. The number of aliphatic hydroxyl groups excluding tert-OH is 1. The van der Waals surface area contributed by atoms with Gasteiger partial charge < -0.3 is 5.11 Å². The fourth-order valence-corrected chi connectivity index (χ4v) is 4.13. The second-order valence-electron chi connectivity index (χ2n) is 3.40. The van der Waals surface area contributed by atoms with Crippen molar-refractivity contribution >= 4 is 23.5 Å². The van der Waals surface area contributed by atoms with Gasteiger partial charge in [0.1, 0.15) is 0 Å². The first-order valence-corrected chi connectivity index (χ1v) is 5.86. The fraction of sp³-hybridized carbons (Fsp3) is 0.400. The van der Waals surface area contributed by atoms with E-state index in [1.807, 2.05) is 0 Å². The van der Waals surface area contributed by atoms with Gasteiger partial charge in [-0.2, -0.15) is 0 Å². The number of aryl methyl sites for hydroxylation is 1. The van der Waals surface area contributed by atoms with Crippen LogP contribution in [0, 0.1) is 6.92 Å². The summed E-state index contributed by atoms with van der Waals surface area (Å²) < 4.78 is -0.0750. The molecule has 0 aliphatic carbocycles. The highest BCUT2D eigenvalue weighted by Crippen LogP contribution is 2.56.